The molecule has 0 heterocycles. The molecule has 1 atom stereocenters. The molecule has 0 bridgehead atoms. The number of carbonyl (C=O) groups excluding carboxylic acids is 2. The van der Waals surface area contributed by atoms with E-state index in [1.54, 1.807) is 30.3 Å². The molecule has 148 valence electrons. The highest BCUT2D eigenvalue weighted by Crippen LogP contribution is 2.20. The van der Waals surface area contributed by atoms with Crippen LogP contribution in [0.25, 0.3) is 0 Å². The summed E-state index contributed by atoms with van der Waals surface area (Å²) >= 11 is 0. The first-order valence-electron chi connectivity index (χ1n) is 9.49. The molecule has 3 aromatic rings. The van der Waals surface area contributed by atoms with Crippen molar-refractivity contribution in [2.24, 2.45) is 0 Å². The monoisotopic (exact) mass is 387 g/mol. The van der Waals surface area contributed by atoms with Gasteiger partial charge in [0.15, 0.2) is 0 Å². The standard InChI is InChI=1S/C24H25N3O2/c1-17(18-10-5-4-6-11-18)25-24(29)21-14-7-8-15-22(21)26-23(28)19-12-9-13-20(16-19)27(2)3/h4-17H,1-3H3,(H,25,29)(H,26,28). The van der Waals surface area contributed by atoms with Gasteiger partial charge in [-0.15, -0.1) is 0 Å². The Morgan fingerprint density at radius 2 is 1.52 bits per heavy atom. The van der Waals surface area contributed by atoms with Crippen LogP contribution in [0.2, 0.25) is 0 Å². The fraction of sp³-hybridized carbons (Fsp3) is 0.167. The van der Waals surface area contributed by atoms with E-state index in [0.717, 1.165) is 11.3 Å². The van der Waals surface area contributed by atoms with Crippen LogP contribution in [0.5, 0.6) is 0 Å². The van der Waals surface area contributed by atoms with Crippen LogP contribution in [0.1, 0.15) is 39.2 Å². The van der Waals surface area contributed by atoms with Crippen molar-refractivity contribution in [1.82, 2.24) is 5.32 Å². The van der Waals surface area contributed by atoms with Gasteiger partial charge in [-0.05, 0) is 42.8 Å². The van der Waals surface area contributed by atoms with Crippen molar-refractivity contribution in [2.45, 2.75) is 13.0 Å². The van der Waals surface area contributed by atoms with Crippen LogP contribution in [0.4, 0.5) is 11.4 Å². The minimum absolute atomic E-state index is 0.149. The summed E-state index contributed by atoms with van der Waals surface area (Å²) in [6, 6.07) is 24.0. The zero-order chi connectivity index (χ0) is 20.8. The molecule has 0 saturated heterocycles. The van der Waals surface area contributed by atoms with Crippen molar-refractivity contribution in [3.05, 3.63) is 95.6 Å². The number of hydrogen-bond acceptors (Lipinski definition) is 3. The normalized spacial score (nSPS) is 11.4. The summed E-state index contributed by atoms with van der Waals surface area (Å²) in [5.74, 6) is -0.496. The molecule has 0 saturated carbocycles. The number of nitrogens with one attached hydrogen (secondary N) is 2. The molecule has 0 aliphatic carbocycles. The molecule has 0 spiro atoms. The first kappa shape index (κ1) is 20.1. The summed E-state index contributed by atoms with van der Waals surface area (Å²) in [6.07, 6.45) is 0. The van der Waals surface area contributed by atoms with E-state index >= 15 is 0 Å². The molecule has 0 aliphatic rings. The highest BCUT2D eigenvalue weighted by molar-refractivity contribution is 6.09. The zero-order valence-electron chi connectivity index (χ0n) is 16.8. The van der Waals surface area contributed by atoms with Gasteiger partial charge >= 0.3 is 0 Å². The smallest absolute Gasteiger partial charge is 0.255 e. The first-order valence-corrected chi connectivity index (χ1v) is 9.49. The van der Waals surface area contributed by atoms with Crippen molar-refractivity contribution in [2.75, 3.05) is 24.3 Å². The lowest BCUT2D eigenvalue weighted by molar-refractivity contribution is 0.0941. The molecule has 3 rings (SSSR count). The van der Waals surface area contributed by atoms with E-state index in [9.17, 15) is 9.59 Å². The number of rotatable bonds is 6. The van der Waals surface area contributed by atoms with Gasteiger partial charge in [-0.25, -0.2) is 0 Å². The highest BCUT2D eigenvalue weighted by Gasteiger charge is 2.16. The van der Waals surface area contributed by atoms with Crippen LogP contribution in [0.3, 0.4) is 0 Å². The second-order valence-electron chi connectivity index (χ2n) is 7.05. The van der Waals surface area contributed by atoms with Gasteiger partial charge in [0, 0.05) is 25.3 Å². The Hall–Kier alpha value is -3.60. The van der Waals surface area contributed by atoms with Gasteiger partial charge in [-0.3, -0.25) is 9.59 Å². The number of para-hydroxylation sites is 1. The third kappa shape index (κ3) is 5.02. The molecule has 29 heavy (non-hydrogen) atoms. The van der Waals surface area contributed by atoms with Gasteiger partial charge in [-0.2, -0.15) is 0 Å². The predicted molar refractivity (Wildman–Crippen MR) is 117 cm³/mol. The molecule has 5 nitrogen and oxygen atoms in total. The van der Waals surface area contributed by atoms with E-state index in [-0.39, 0.29) is 17.9 Å². The summed E-state index contributed by atoms with van der Waals surface area (Å²) in [5.41, 5.74) is 3.38. The zero-order valence-corrected chi connectivity index (χ0v) is 16.8. The molecule has 2 amide bonds. The van der Waals surface area contributed by atoms with Crippen molar-refractivity contribution in [3.8, 4) is 0 Å². The molecular formula is C24H25N3O2. The van der Waals surface area contributed by atoms with Gasteiger partial charge < -0.3 is 15.5 Å². The van der Waals surface area contributed by atoms with Crippen LogP contribution in [0.15, 0.2) is 78.9 Å². The Labute approximate surface area is 171 Å². The van der Waals surface area contributed by atoms with E-state index in [4.69, 9.17) is 0 Å². The van der Waals surface area contributed by atoms with E-state index in [2.05, 4.69) is 10.6 Å². The van der Waals surface area contributed by atoms with Crippen LogP contribution in [-0.4, -0.2) is 25.9 Å². The Bertz CT molecular complexity index is 1000. The second-order valence-corrected chi connectivity index (χ2v) is 7.05. The van der Waals surface area contributed by atoms with Crippen molar-refractivity contribution >= 4 is 23.2 Å². The minimum Gasteiger partial charge on any atom is -0.378 e. The van der Waals surface area contributed by atoms with Gasteiger partial charge in [0.1, 0.15) is 0 Å². The summed E-state index contributed by atoms with van der Waals surface area (Å²) in [5, 5.41) is 5.86. The molecule has 2 N–H and O–H groups in total. The number of anilines is 2. The van der Waals surface area contributed by atoms with Crippen molar-refractivity contribution < 1.29 is 9.59 Å². The lowest BCUT2D eigenvalue weighted by atomic mass is 10.1. The maximum atomic E-state index is 12.8. The molecule has 0 aromatic heterocycles. The van der Waals surface area contributed by atoms with Crippen LogP contribution < -0.4 is 15.5 Å². The Kier molecular flexibility index (Phi) is 6.29. The number of hydrogen-bond donors (Lipinski definition) is 2. The Morgan fingerprint density at radius 3 is 2.24 bits per heavy atom. The van der Waals surface area contributed by atoms with Gasteiger partial charge in [-0.1, -0.05) is 48.5 Å². The molecular weight excluding hydrogens is 362 g/mol. The SMILES string of the molecule is CC(NC(=O)c1ccccc1NC(=O)c1cccc(N(C)C)c1)c1ccccc1. The summed E-state index contributed by atoms with van der Waals surface area (Å²) in [7, 11) is 3.84. The van der Waals surface area contributed by atoms with Gasteiger partial charge in [0.05, 0.1) is 17.3 Å². The molecule has 0 aliphatic heterocycles. The average Bonchev–Trinajstić information content (AvgIpc) is 2.74. The molecule has 0 radical (unpaired) electrons. The number of nitrogens with zero attached hydrogens (tertiary/aromatic N) is 1. The van der Waals surface area contributed by atoms with Crippen LogP contribution >= 0.6 is 0 Å². The lowest BCUT2D eigenvalue weighted by Crippen LogP contribution is -2.28. The minimum atomic E-state index is -0.259. The third-order valence-electron chi connectivity index (χ3n) is 4.69. The Morgan fingerprint density at radius 1 is 0.828 bits per heavy atom. The fourth-order valence-electron chi connectivity index (χ4n) is 3.01. The second kappa shape index (κ2) is 9.06. The van der Waals surface area contributed by atoms with E-state index in [1.165, 1.54) is 0 Å². The number of carbonyl (C=O) groups is 2. The molecule has 3 aromatic carbocycles. The first-order chi connectivity index (χ1) is 14.0. The average molecular weight is 387 g/mol. The predicted octanol–water partition coefficient (Wildman–Crippen LogP) is 4.50. The van der Waals surface area contributed by atoms with Crippen LogP contribution in [0, 0.1) is 0 Å². The Balaban J connectivity index is 1.77. The maximum Gasteiger partial charge on any atom is 0.255 e. The topological polar surface area (TPSA) is 61.4 Å². The number of benzene rings is 3. The summed E-state index contributed by atoms with van der Waals surface area (Å²) in [6.45, 7) is 1.93. The molecule has 0 fully saturated rings. The van der Waals surface area contributed by atoms with Gasteiger partial charge in [0.2, 0.25) is 0 Å². The van der Waals surface area contributed by atoms with Crippen molar-refractivity contribution in [3.63, 3.8) is 0 Å². The van der Waals surface area contributed by atoms with Crippen LogP contribution in [-0.2, 0) is 0 Å². The lowest BCUT2D eigenvalue weighted by Gasteiger charge is -2.17. The van der Waals surface area contributed by atoms with E-state index in [0.29, 0.717) is 16.8 Å². The quantitative estimate of drug-likeness (QED) is 0.655. The highest BCUT2D eigenvalue weighted by atomic mass is 16.2. The van der Waals surface area contributed by atoms with Gasteiger partial charge in [0.25, 0.3) is 11.8 Å². The largest absolute Gasteiger partial charge is 0.378 e. The van der Waals surface area contributed by atoms with E-state index < -0.39 is 0 Å². The summed E-state index contributed by atoms with van der Waals surface area (Å²) < 4.78 is 0. The third-order valence-corrected chi connectivity index (χ3v) is 4.69. The van der Waals surface area contributed by atoms with E-state index in [1.807, 2.05) is 74.4 Å². The van der Waals surface area contributed by atoms with Crippen molar-refractivity contribution in [1.29, 1.82) is 0 Å². The fourth-order valence-corrected chi connectivity index (χ4v) is 3.01. The number of amides is 2. The maximum absolute atomic E-state index is 12.8. The summed E-state index contributed by atoms with van der Waals surface area (Å²) in [4.78, 5) is 27.5. The molecule has 1 unspecified atom stereocenters. The molecule has 5 heteroatoms.